The Balaban J connectivity index is 0. The lowest BCUT2D eigenvalue weighted by Gasteiger charge is -2.21. The Morgan fingerprint density at radius 3 is 1.07 bits per heavy atom. The van der Waals surface area contributed by atoms with Crippen LogP contribution in [0.15, 0.2) is 288 Å². The number of allylic oxidation sites excluding steroid dienone is 1. The quantitative estimate of drug-likeness (QED) is 0.00539. The highest BCUT2D eigenvalue weighted by Crippen LogP contribution is 2.31. The minimum absolute atomic E-state index is 0. The van der Waals surface area contributed by atoms with Gasteiger partial charge in [-0.25, -0.2) is 24.0 Å². The number of methoxy groups -OCH3 is 2. The van der Waals surface area contributed by atoms with Crippen molar-refractivity contribution < 1.29 is 99.8 Å². The van der Waals surface area contributed by atoms with Crippen LogP contribution in [0.5, 0.6) is 0 Å². The van der Waals surface area contributed by atoms with Gasteiger partial charge in [-0.2, -0.15) is 8.42 Å². The van der Waals surface area contributed by atoms with Crippen LogP contribution in [0.2, 0.25) is 0 Å². The standard InChI is InChI=1S/C16H21NO2.C15H21NO4.C15H21N.C14H17NO3.C14H17NO2.C8H7ClO2.C7H15NO2.C7H9N.C4H7Br.2CH4O.2CH4.H2O4S/c1-3-5-12-17(13-6-4-2)16(18)19-14-15-10-8-7-9-11-15;1-19-14-8-10-16(9-7-13(14)17)15(18)20-11-12-5-3-2-4-6-12;1-3-5-12-16(13-6-4-2)14-15-10-8-7-9-11-15;16-14(17-10-11-4-2-1-3-5-11)15-8-6-12-13(18-12)7-9-15;16-14(15-10-6-1-2-7-11-15)17-12-13-8-4-3-5-9-13;9-8(10)11-6-7-4-2-1-3-5-7;1-10-7-3-5-8-4-2-6(7)9;8-6-7-4-2-1-3-5-7;1-2-3-4-5;2*1-2;;;1-5(2,3)4/h3-4,7-11H,1-2,5-6,12-14H2;2-6,13-14,17H,7-11H2,1H3;3-4,7-11H,1-2,5-6,12-14H2;1-5,12-13H,6-10H2;1-5,8-9H,6-7,10-12H2;1-5H,6H2;6-9H,2-5H2,1H3;1-5H,6,8H2;2H,1,3-4H2;2*2H,1H3;2*1H4;(H2,1,2,3,4)/t;13-,14-;;;;;6-,7-;;;;;;;/m.0....0......./s1. The molecule has 4 fully saturated rings. The number of fused-ring (bicyclic) bond motifs is 1. The first-order chi connectivity index (χ1) is 64.5. The zero-order valence-electron chi connectivity index (χ0n) is 77.9. The second-order valence-electron chi connectivity index (χ2n) is 29.5. The number of likely N-dealkylation sites (tertiary alicyclic amines) is 2. The number of alkyl halides is 1. The zero-order chi connectivity index (χ0) is 98.2. The van der Waals surface area contributed by atoms with Crippen molar-refractivity contribution in [3.05, 3.63) is 327 Å². The van der Waals surface area contributed by atoms with E-state index in [1.165, 1.54) is 11.1 Å². The van der Waals surface area contributed by atoms with Gasteiger partial charge in [-0.3, -0.25) is 14.0 Å². The molecule has 0 aliphatic carbocycles. The summed E-state index contributed by atoms with van der Waals surface area (Å²) < 4.78 is 73.1. The number of amides is 4. The van der Waals surface area contributed by atoms with Crippen molar-refractivity contribution in [3.8, 4) is 0 Å². The molecule has 135 heavy (non-hydrogen) atoms. The Labute approximate surface area is 818 Å². The van der Waals surface area contributed by atoms with Crippen molar-refractivity contribution in [1.29, 1.82) is 0 Å². The number of nitrogens with two attached hydrogens (primary N) is 1. The van der Waals surface area contributed by atoms with Crippen LogP contribution in [-0.4, -0.2) is 241 Å². The number of carbonyl (C=O) groups is 5. The number of nitrogens with zero attached hydrogens (tertiary/aromatic N) is 5. The molecule has 12 rings (SSSR count). The van der Waals surface area contributed by atoms with Crippen LogP contribution in [0.25, 0.3) is 0 Å². The molecule has 6 atom stereocenters. The van der Waals surface area contributed by atoms with E-state index in [1.54, 1.807) is 46.0 Å². The summed E-state index contributed by atoms with van der Waals surface area (Å²) >= 11 is 8.20. The molecule has 2 unspecified atom stereocenters. The van der Waals surface area contributed by atoms with Gasteiger partial charge in [0.15, 0.2) is 0 Å². The van der Waals surface area contributed by atoms with E-state index in [0.717, 1.165) is 177 Å². The van der Waals surface area contributed by atoms with Crippen LogP contribution in [-0.2, 0) is 94.4 Å². The maximum Gasteiger partial charge on any atom is 0.410 e. The minimum Gasteiger partial charge on any atom is -0.449 e. The molecule has 5 heterocycles. The number of rotatable bonds is 29. The van der Waals surface area contributed by atoms with Crippen molar-refractivity contribution in [2.45, 2.75) is 181 Å². The fourth-order valence-corrected chi connectivity index (χ4v) is 12.8. The van der Waals surface area contributed by atoms with Crippen molar-refractivity contribution >= 4 is 67.7 Å². The lowest BCUT2D eigenvalue weighted by molar-refractivity contribution is -0.0122. The van der Waals surface area contributed by atoms with Gasteiger partial charge in [0.05, 0.1) is 36.6 Å². The summed E-state index contributed by atoms with van der Waals surface area (Å²) in [5.41, 5.74) is 12.1. The Hall–Kier alpha value is -10.2. The maximum atomic E-state index is 12.0. The molecule has 750 valence electrons. The van der Waals surface area contributed by atoms with Gasteiger partial charge < -0.3 is 89.0 Å². The third kappa shape index (κ3) is 66.8. The van der Waals surface area contributed by atoms with E-state index in [2.05, 4.69) is 106 Å². The monoisotopic (exact) mass is 1980 g/mol. The summed E-state index contributed by atoms with van der Waals surface area (Å²) in [6, 6.07) is 68.7. The molecule has 0 spiro atoms. The number of hydrogen-bond acceptors (Lipinski definition) is 22. The molecule has 31 heteroatoms. The molecule has 4 saturated heterocycles. The first-order valence-electron chi connectivity index (χ1n) is 44.3. The van der Waals surface area contributed by atoms with Crippen LogP contribution in [0.3, 0.4) is 0 Å². The molecule has 0 saturated carbocycles. The topological polar surface area (TPSA) is 372 Å². The fourth-order valence-electron chi connectivity index (χ4n) is 12.4. The zero-order valence-corrected chi connectivity index (χ0v) is 81.0. The summed E-state index contributed by atoms with van der Waals surface area (Å²) in [7, 11) is 0.566. The molecule has 9 N–H and O–H groups in total. The number of benzene rings is 7. The molecule has 0 aromatic heterocycles. The van der Waals surface area contributed by atoms with E-state index >= 15 is 0 Å². The van der Waals surface area contributed by atoms with Crippen LogP contribution in [0, 0.1) is 0 Å². The Kier molecular flexibility index (Phi) is 79.2. The van der Waals surface area contributed by atoms with Crippen molar-refractivity contribution in [2.75, 3.05) is 112 Å². The van der Waals surface area contributed by atoms with Crippen LogP contribution < -0.4 is 11.1 Å². The number of halogens is 2. The van der Waals surface area contributed by atoms with Crippen molar-refractivity contribution in [3.63, 3.8) is 0 Å². The van der Waals surface area contributed by atoms with Gasteiger partial charge in [0.2, 0.25) is 0 Å². The van der Waals surface area contributed by atoms with Gasteiger partial charge in [-0.15, -0.1) is 32.9 Å². The first-order valence-corrected chi connectivity index (χ1v) is 47.2. The van der Waals surface area contributed by atoms with Crippen LogP contribution >= 0.6 is 27.5 Å². The molecule has 4 amide bonds. The number of hydrogen-bond donors (Lipinski definition) is 8. The molecule has 5 aliphatic rings. The molecular weight excluding hydrogens is 1830 g/mol. The lowest BCUT2D eigenvalue weighted by Crippen LogP contribution is -2.33. The summed E-state index contributed by atoms with van der Waals surface area (Å²) in [5.74, 6) is 0. The summed E-state index contributed by atoms with van der Waals surface area (Å²) in [6.45, 7) is 30.9. The summed E-state index contributed by atoms with van der Waals surface area (Å²) in [6.07, 6.45) is 23.7. The third-order valence-electron chi connectivity index (χ3n) is 19.6. The lowest BCUT2D eigenvalue weighted by atomic mass is 10.1. The SMILES string of the molecule is C.C.C=CCCBr.C=CCCN(CCC=C)C(=O)OCc1ccccc1.C=CCCN(CCC=C)Cc1ccccc1.CO.CO.CO[C@H]1CCN(C(=O)OCc2ccccc2)CC[C@@H]1O.CO[C@H]1CCNCC[C@@H]1O.NCc1ccccc1.O=C(Cl)OCc1ccccc1.O=C(OCc1ccccc1)N1CCC2OC2CC1.O=C(OCc1ccccc1)N1CCC=CCC1.O=S(=O)(O)O. The summed E-state index contributed by atoms with van der Waals surface area (Å²) in [5, 5.41) is 37.5. The van der Waals surface area contributed by atoms with E-state index in [1.807, 2.05) is 200 Å². The summed E-state index contributed by atoms with van der Waals surface area (Å²) in [4.78, 5) is 67.2. The molecule has 7 aromatic carbocycles. The minimum atomic E-state index is -4.67. The van der Waals surface area contributed by atoms with Crippen LogP contribution in [0.1, 0.15) is 137 Å². The average Bonchev–Trinajstić information content (AvgIpc) is 1.67. The number of epoxide rings is 1. The van der Waals surface area contributed by atoms with Crippen molar-refractivity contribution in [1.82, 2.24) is 29.8 Å². The largest absolute Gasteiger partial charge is 0.449 e. The normalized spacial score (nSPS) is 16.1. The molecule has 7 aromatic rings. The third-order valence-corrected chi connectivity index (χ3v) is 20.2. The highest BCUT2D eigenvalue weighted by atomic mass is 79.9. The predicted octanol–water partition coefficient (Wildman–Crippen LogP) is 19.6. The van der Waals surface area contributed by atoms with Crippen LogP contribution in [0.4, 0.5) is 24.0 Å². The highest BCUT2D eigenvalue weighted by molar-refractivity contribution is 9.09. The smallest absolute Gasteiger partial charge is 0.410 e. The van der Waals surface area contributed by atoms with Gasteiger partial charge in [0.25, 0.3) is 0 Å². The number of nitrogens with one attached hydrogen (secondary N) is 1. The molecule has 5 aliphatic heterocycles. The number of ether oxygens (including phenoxy) is 8. The van der Waals surface area contributed by atoms with E-state index in [4.69, 9.17) is 78.2 Å². The average molecular weight is 1980 g/mol. The van der Waals surface area contributed by atoms with E-state index in [0.29, 0.717) is 77.6 Å². The molecule has 0 bridgehead atoms. The fraction of sp³-hybridized carbons (Fsp3) is 0.433. The number of aliphatic hydroxyl groups excluding tert-OH is 4. The van der Waals surface area contributed by atoms with Gasteiger partial charge in [-0.1, -0.05) is 286 Å². The Bertz CT molecular complexity index is 4220. The Morgan fingerprint density at radius 2 is 0.741 bits per heavy atom. The molecule has 0 radical (unpaired) electrons. The van der Waals surface area contributed by atoms with Gasteiger partial charge in [-0.05, 0) is 136 Å². The van der Waals surface area contributed by atoms with Gasteiger partial charge >= 0.3 is 40.2 Å². The predicted molar refractivity (Wildman–Crippen MR) is 544 cm³/mol. The Morgan fingerprint density at radius 1 is 0.444 bits per heavy atom. The molecule has 28 nitrogen and oxygen atoms in total. The van der Waals surface area contributed by atoms with Gasteiger partial charge in [0.1, 0.15) is 33.0 Å². The number of carbonyl (C=O) groups excluding carboxylic acids is 5. The van der Waals surface area contributed by atoms with E-state index < -0.39 is 21.9 Å². The number of aliphatic hydroxyl groups is 4. The first kappa shape index (κ1) is 127. The second-order valence-corrected chi connectivity index (χ2v) is 31.5. The van der Waals surface area contributed by atoms with Gasteiger partial charge in [0, 0.05) is 124 Å². The maximum absolute atomic E-state index is 12.0. The molecular formula is C104H153BrClN7O21S. The van der Waals surface area contributed by atoms with Crippen molar-refractivity contribution in [2.24, 2.45) is 5.73 Å². The van der Waals surface area contributed by atoms with E-state index in [-0.39, 0.29) is 70.8 Å². The second kappa shape index (κ2) is 84.3. The van der Waals surface area contributed by atoms with E-state index in [9.17, 15) is 34.2 Å². The highest BCUT2D eigenvalue weighted by Gasteiger charge is 2.41.